The predicted molar refractivity (Wildman–Crippen MR) is 35.7 cm³/mol. The Labute approximate surface area is 64.3 Å². The first kappa shape index (κ1) is 8.89. The highest BCUT2D eigenvalue weighted by Gasteiger charge is 2.41. The summed E-state index contributed by atoms with van der Waals surface area (Å²) in [7, 11) is 0. The zero-order chi connectivity index (χ0) is 8.43. The van der Waals surface area contributed by atoms with Crippen LogP contribution >= 0.6 is 0 Å². The number of aliphatic hydroxyl groups is 4. The summed E-state index contributed by atoms with van der Waals surface area (Å²) < 4.78 is 0. The maximum absolute atomic E-state index is 9.21. The van der Waals surface area contributed by atoms with Crippen molar-refractivity contribution in [3.63, 3.8) is 0 Å². The number of nitrogens with two attached hydrogens (primary N) is 1. The Morgan fingerprint density at radius 2 is 2.09 bits per heavy atom. The molecule has 0 bridgehead atoms. The summed E-state index contributed by atoms with van der Waals surface area (Å²) in [5.41, 5.74) is 0. The molecule has 1 rings (SSSR count). The fourth-order valence-corrected chi connectivity index (χ4v) is 1.34. The van der Waals surface area contributed by atoms with Crippen molar-refractivity contribution in [3.8, 4) is 0 Å². The molecule has 6 N–H and O–H groups in total. The summed E-state index contributed by atoms with van der Waals surface area (Å²) in [6.07, 6.45) is -2.68. The van der Waals surface area contributed by atoms with Crippen molar-refractivity contribution in [1.29, 1.82) is 0 Å². The van der Waals surface area contributed by atoms with Crippen molar-refractivity contribution in [2.75, 3.05) is 13.2 Å². The highest BCUT2D eigenvalue weighted by molar-refractivity contribution is 4.83. The van der Waals surface area contributed by atoms with Gasteiger partial charge < -0.3 is 25.7 Å². The predicted octanol–water partition coefficient (Wildman–Crippen LogP) is -3.99. The van der Waals surface area contributed by atoms with Gasteiger partial charge in [0.05, 0.1) is 6.61 Å². The highest BCUT2D eigenvalue weighted by atomic mass is 16.3. The first-order chi connectivity index (χ1) is 5.16. The van der Waals surface area contributed by atoms with Crippen molar-refractivity contribution in [1.82, 2.24) is 0 Å². The lowest BCUT2D eigenvalue weighted by Gasteiger charge is -2.16. The van der Waals surface area contributed by atoms with Crippen molar-refractivity contribution in [3.05, 3.63) is 0 Å². The molecule has 11 heavy (non-hydrogen) atoms. The lowest BCUT2D eigenvalue weighted by molar-refractivity contribution is -0.682. The minimum atomic E-state index is -0.956. The van der Waals surface area contributed by atoms with Gasteiger partial charge in [-0.05, 0) is 0 Å². The molecule has 1 heterocycles. The second-order valence-electron chi connectivity index (χ2n) is 2.86. The van der Waals surface area contributed by atoms with E-state index in [1.165, 1.54) is 0 Å². The van der Waals surface area contributed by atoms with Crippen LogP contribution in [-0.2, 0) is 0 Å². The van der Waals surface area contributed by atoms with Gasteiger partial charge in [0.25, 0.3) is 0 Å². The van der Waals surface area contributed by atoms with Crippen LogP contribution in [0.4, 0.5) is 0 Å². The molecule has 1 fully saturated rings. The molecule has 5 heteroatoms. The van der Waals surface area contributed by atoms with E-state index in [4.69, 9.17) is 15.3 Å². The first-order valence-electron chi connectivity index (χ1n) is 3.65. The molecule has 66 valence electrons. The molecule has 1 aliphatic heterocycles. The van der Waals surface area contributed by atoms with Crippen LogP contribution < -0.4 is 5.32 Å². The Morgan fingerprint density at radius 3 is 2.45 bits per heavy atom. The molecule has 4 atom stereocenters. The topological polar surface area (TPSA) is 97.5 Å². The molecule has 1 saturated heterocycles. The summed E-state index contributed by atoms with van der Waals surface area (Å²) >= 11 is 0. The molecule has 0 aliphatic carbocycles. The lowest BCUT2D eigenvalue weighted by atomic mass is 10.1. The summed E-state index contributed by atoms with van der Waals surface area (Å²) in [6.45, 7) is -0.00611. The summed E-state index contributed by atoms with van der Waals surface area (Å²) in [6, 6.07) is -0.491. The highest BCUT2D eigenvalue weighted by Crippen LogP contribution is 2.04. The molecule has 0 aromatic heterocycles. The number of quaternary nitrogens is 1. The SMILES string of the molecule is OC[C@@H](O)[C@H]1[NH2+]C[C@@H](O)[C@H]1O. The van der Waals surface area contributed by atoms with Crippen LogP contribution in [-0.4, -0.2) is 57.9 Å². The molecule has 0 spiro atoms. The Hall–Kier alpha value is -0.200. The van der Waals surface area contributed by atoms with Crippen LogP contribution in [0, 0.1) is 0 Å². The average molecular weight is 164 g/mol. The number of rotatable bonds is 2. The van der Waals surface area contributed by atoms with E-state index in [1.54, 1.807) is 5.32 Å². The average Bonchev–Trinajstić information content (AvgIpc) is 2.32. The van der Waals surface area contributed by atoms with Gasteiger partial charge in [-0.2, -0.15) is 0 Å². The van der Waals surface area contributed by atoms with Gasteiger partial charge in [0.2, 0.25) is 0 Å². The molecule has 0 radical (unpaired) electrons. The molecule has 0 saturated carbocycles. The van der Waals surface area contributed by atoms with E-state index in [2.05, 4.69) is 0 Å². The quantitative estimate of drug-likeness (QED) is 0.287. The Balaban J connectivity index is 2.47. The van der Waals surface area contributed by atoms with Crippen LogP contribution in [0.15, 0.2) is 0 Å². The Bertz CT molecular complexity index is 132. The third kappa shape index (κ3) is 1.69. The Morgan fingerprint density at radius 1 is 1.45 bits per heavy atom. The van der Waals surface area contributed by atoms with Crippen LogP contribution in [0.3, 0.4) is 0 Å². The molecule has 0 aromatic rings. The van der Waals surface area contributed by atoms with E-state index in [1.807, 2.05) is 0 Å². The van der Waals surface area contributed by atoms with Crippen molar-refractivity contribution in [2.24, 2.45) is 0 Å². The fraction of sp³-hybridized carbons (Fsp3) is 1.00. The van der Waals surface area contributed by atoms with Crippen molar-refractivity contribution >= 4 is 0 Å². The molecule has 0 aromatic carbocycles. The van der Waals surface area contributed by atoms with Gasteiger partial charge in [-0.15, -0.1) is 0 Å². The number of hydrogen-bond donors (Lipinski definition) is 5. The van der Waals surface area contributed by atoms with E-state index in [0.717, 1.165) is 0 Å². The van der Waals surface area contributed by atoms with E-state index < -0.39 is 24.4 Å². The first-order valence-corrected chi connectivity index (χ1v) is 3.65. The monoisotopic (exact) mass is 164 g/mol. The summed E-state index contributed by atoms with van der Waals surface area (Å²) in [4.78, 5) is 0. The molecule has 5 nitrogen and oxygen atoms in total. The standard InChI is InChI=1S/C6H13NO4/c8-2-4(10)5-6(11)3(9)1-7-5/h3-11H,1-2H2/p+1/t3-,4-,5-,6-/m1/s1. The molecule has 0 amide bonds. The van der Waals surface area contributed by atoms with Gasteiger partial charge >= 0.3 is 0 Å². The maximum atomic E-state index is 9.21. The maximum Gasteiger partial charge on any atom is 0.143 e. The van der Waals surface area contributed by atoms with Gasteiger partial charge in [-0.25, -0.2) is 0 Å². The zero-order valence-corrected chi connectivity index (χ0v) is 6.09. The second-order valence-corrected chi connectivity index (χ2v) is 2.86. The van der Waals surface area contributed by atoms with Crippen LogP contribution in [0.1, 0.15) is 0 Å². The zero-order valence-electron chi connectivity index (χ0n) is 6.09. The lowest BCUT2D eigenvalue weighted by Crippen LogP contribution is -2.90. The third-order valence-corrected chi connectivity index (χ3v) is 2.07. The molecular weight excluding hydrogens is 150 g/mol. The van der Waals surface area contributed by atoms with Crippen molar-refractivity contribution in [2.45, 2.75) is 24.4 Å². The summed E-state index contributed by atoms with van der Waals surface area (Å²) in [5.74, 6) is 0. The van der Waals surface area contributed by atoms with E-state index >= 15 is 0 Å². The normalized spacial score (nSPS) is 40.9. The summed E-state index contributed by atoms with van der Waals surface area (Å²) in [5, 5.41) is 37.5. The van der Waals surface area contributed by atoms with Gasteiger partial charge in [-0.3, -0.25) is 0 Å². The Kier molecular flexibility index (Phi) is 2.80. The van der Waals surface area contributed by atoms with Gasteiger partial charge in [-0.1, -0.05) is 0 Å². The van der Waals surface area contributed by atoms with E-state index in [9.17, 15) is 5.11 Å². The minimum absolute atomic E-state index is 0.378. The van der Waals surface area contributed by atoms with Crippen LogP contribution in [0.25, 0.3) is 0 Å². The second kappa shape index (κ2) is 3.46. The van der Waals surface area contributed by atoms with Gasteiger partial charge in [0.15, 0.2) is 0 Å². The number of hydrogen-bond acceptors (Lipinski definition) is 4. The molecule has 0 unspecified atom stereocenters. The molecular formula is C6H14NO4+. The van der Waals surface area contributed by atoms with Crippen LogP contribution in [0.2, 0.25) is 0 Å². The van der Waals surface area contributed by atoms with Crippen molar-refractivity contribution < 1.29 is 25.7 Å². The largest absolute Gasteiger partial charge is 0.393 e. The van der Waals surface area contributed by atoms with Crippen LogP contribution in [0.5, 0.6) is 0 Å². The van der Waals surface area contributed by atoms with E-state index in [0.29, 0.717) is 6.54 Å². The molecule has 1 aliphatic rings. The minimum Gasteiger partial charge on any atom is -0.393 e. The van der Waals surface area contributed by atoms with Gasteiger partial charge in [0.1, 0.15) is 30.9 Å². The third-order valence-electron chi connectivity index (χ3n) is 2.07. The van der Waals surface area contributed by atoms with E-state index in [-0.39, 0.29) is 6.61 Å². The smallest absolute Gasteiger partial charge is 0.143 e. The number of aliphatic hydroxyl groups excluding tert-OH is 4. The van der Waals surface area contributed by atoms with Gasteiger partial charge in [0, 0.05) is 0 Å². The fourth-order valence-electron chi connectivity index (χ4n) is 1.34.